The summed E-state index contributed by atoms with van der Waals surface area (Å²) in [5.74, 6) is 1.16. The Balaban J connectivity index is 1.82. The first-order valence-corrected chi connectivity index (χ1v) is 7.87. The summed E-state index contributed by atoms with van der Waals surface area (Å²) in [4.78, 5) is 6.91. The summed E-state index contributed by atoms with van der Waals surface area (Å²) < 4.78 is 2.25. The molecule has 4 nitrogen and oxygen atoms in total. The van der Waals surface area contributed by atoms with Crippen molar-refractivity contribution in [1.82, 2.24) is 14.9 Å². The Kier molecular flexibility index (Phi) is 4.25. The van der Waals surface area contributed by atoms with Gasteiger partial charge < -0.3 is 14.8 Å². The lowest BCUT2D eigenvalue weighted by Gasteiger charge is -2.32. The van der Waals surface area contributed by atoms with E-state index in [1.165, 1.54) is 11.3 Å². The van der Waals surface area contributed by atoms with Gasteiger partial charge >= 0.3 is 0 Å². The Morgan fingerprint density at radius 2 is 2.14 bits per heavy atom. The van der Waals surface area contributed by atoms with E-state index < -0.39 is 0 Å². The molecule has 1 aromatic heterocycles. The number of aromatic nitrogens is 2. The number of nitrogens with one attached hydrogen (secondary N) is 1. The van der Waals surface area contributed by atoms with Crippen LogP contribution in [0, 0.1) is 0 Å². The average Bonchev–Trinajstić information content (AvgIpc) is 3.00. The van der Waals surface area contributed by atoms with Crippen LogP contribution in [0.1, 0.15) is 37.7 Å². The molecule has 112 valence electrons. The van der Waals surface area contributed by atoms with Crippen molar-refractivity contribution in [2.45, 2.75) is 39.4 Å². The first-order chi connectivity index (χ1) is 10.3. The Labute approximate surface area is 126 Å². The van der Waals surface area contributed by atoms with Gasteiger partial charge in [-0.25, -0.2) is 4.98 Å². The smallest absolute Gasteiger partial charge is 0.128 e. The van der Waals surface area contributed by atoms with E-state index in [1.807, 2.05) is 6.20 Å². The fourth-order valence-electron chi connectivity index (χ4n) is 2.99. The molecule has 0 radical (unpaired) electrons. The van der Waals surface area contributed by atoms with E-state index in [0.717, 1.165) is 38.4 Å². The highest BCUT2D eigenvalue weighted by molar-refractivity contribution is 5.55. The van der Waals surface area contributed by atoms with Gasteiger partial charge in [-0.15, -0.1) is 0 Å². The second kappa shape index (κ2) is 6.31. The first kappa shape index (κ1) is 14.1. The molecule has 1 unspecified atom stereocenters. The molecule has 0 bridgehead atoms. The predicted octanol–water partition coefficient (Wildman–Crippen LogP) is 2.96. The summed E-state index contributed by atoms with van der Waals surface area (Å²) in [6, 6.07) is 9.12. The molecule has 1 N–H and O–H groups in total. The van der Waals surface area contributed by atoms with Gasteiger partial charge in [0.2, 0.25) is 0 Å². The van der Waals surface area contributed by atoms with E-state index in [2.05, 4.69) is 64.1 Å². The molecule has 0 amide bonds. The molecule has 1 atom stereocenters. The molecule has 1 aromatic carbocycles. The third kappa shape index (κ3) is 2.95. The average molecular weight is 284 g/mol. The summed E-state index contributed by atoms with van der Waals surface area (Å²) >= 11 is 0. The molecule has 2 heterocycles. The summed E-state index contributed by atoms with van der Waals surface area (Å²) in [5, 5.41) is 3.59. The third-order valence-corrected chi connectivity index (χ3v) is 4.19. The van der Waals surface area contributed by atoms with Crippen LogP contribution >= 0.6 is 0 Å². The van der Waals surface area contributed by atoms with Crippen molar-refractivity contribution < 1.29 is 0 Å². The molecule has 0 spiro atoms. The van der Waals surface area contributed by atoms with Crippen LogP contribution < -0.4 is 10.2 Å². The van der Waals surface area contributed by atoms with Crippen molar-refractivity contribution in [2.75, 3.05) is 18.0 Å². The van der Waals surface area contributed by atoms with Crippen LogP contribution in [0.15, 0.2) is 36.7 Å². The zero-order chi connectivity index (χ0) is 14.7. The number of nitrogens with zero attached hydrogens (tertiary/aromatic N) is 3. The van der Waals surface area contributed by atoms with Crippen LogP contribution in [-0.2, 0) is 13.1 Å². The summed E-state index contributed by atoms with van der Waals surface area (Å²) in [7, 11) is 0. The lowest BCUT2D eigenvalue weighted by atomic mass is 10.0. The van der Waals surface area contributed by atoms with Crippen molar-refractivity contribution in [1.29, 1.82) is 0 Å². The van der Waals surface area contributed by atoms with Crippen LogP contribution in [0.3, 0.4) is 0 Å². The van der Waals surface area contributed by atoms with E-state index >= 15 is 0 Å². The molecule has 1 aliphatic heterocycles. The van der Waals surface area contributed by atoms with Gasteiger partial charge in [-0.2, -0.15) is 0 Å². The van der Waals surface area contributed by atoms with Crippen molar-refractivity contribution in [3.63, 3.8) is 0 Å². The summed E-state index contributed by atoms with van der Waals surface area (Å²) in [5.41, 5.74) is 2.72. The van der Waals surface area contributed by atoms with Gasteiger partial charge in [0.25, 0.3) is 0 Å². The molecule has 2 aromatic rings. The Bertz CT molecular complexity index is 590. The second-order valence-electron chi connectivity index (χ2n) is 5.69. The monoisotopic (exact) mass is 284 g/mol. The fraction of sp³-hybridized carbons (Fsp3) is 0.471. The third-order valence-electron chi connectivity index (χ3n) is 4.19. The molecular weight excluding hydrogens is 260 g/mol. The van der Waals surface area contributed by atoms with Gasteiger partial charge in [0.1, 0.15) is 5.82 Å². The van der Waals surface area contributed by atoms with Crippen molar-refractivity contribution >= 4 is 5.69 Å². The molecule has 0 fully saturated rings. The van der Waals surface area contributed by atoms with E-state index in [1.54, 1.807) is 0 Å². The van der Waals surface area contributed by atoms with Gasteiger partial charge in [-0.3, -0.25) is 0 Å². The second-order valence-corrected chi connectivity index (χ2v) is 5.69. The van der Waals surface area contributed by atoms with Crippen LogP contribution in [-0.4, -0.2) is 22.6 Å². The van der Waals surface area contributed by atoms with Crippen LogP contribution in [0.25, 0.3) is 0 Å². The fourth-order valence-corrected chi connectivity index (χ4v) is 2.99. The number of imidazole rings is 1. The zero-order valence-electron chi connectivity index (χ0n) is 12.9. The highest BCUT2D eigenvalue weighted by Crippen LogP contribution is 2.28. The maximum absolute atomic E-state index is 4.46. The SMILES string of the molecule is CCCNC(C)c1ccccc1N1CCn2ccnc2C1. The summed E-state index contributed by atoms with van der Waals surface area (Å²) in [6.07, 6.45) is 5.13. The van der Waals surface area contributed by atoms with Crippen LogP contribution in [0.2, 0.25) is 0 Å². The highest BCUT2D eigenvalue weighted by Gasteiger charge is 2.20. The summed E-state index contributed by atoms with van der Waals surface area (Å²) in [6.45, 7) is 8.46. The maximum Gasteiger partial charge on any atom is 0.128 e. The molecular formula is C17H24N4. The normalized spacial score (nSPS) is 15.8. The number of hydrogen-bond donors (Lipinski definition) is 1. The maximum atomic E-state index is 4.46. The number of anilines is 1. The number of benzene rings is 1. The number of para-hydroxylation sites is 1. The van der Waals surface area contributed by atoms with Crippen molar-refractivity contribution in [3.05, 3.63) is 48.0 Å². The Morgan fingerprint density at radius 1 is 1.29 bits per heavy atom. The largest absolute Gasteiger partial charge is 0.362 e. The first-order valence-electron chi connectivity index (χ1n) is 7.87. The molecule has 1 aliphatic rings. The van der Waals surface area contributed by atoms with E-state index in [0.29, 0.717) is 6.04 Å². The minimum Gasteiger partial charge on any atom is -0.362 e. The van der Waals surface area contributed by atoms with E-state index in [-0.39, 0.29) is 0 Å². The molecule has 4 heteroatoms. The van der Waals surface area contributed by atoms with Crippen LogP contribution in [0.5, 0.6) is 0 Å². The Hall–Kier alpha value is -1.81. The lowest BCUT2D eigenvalue weighted by molar-refractivity contribution is 0.544. The minimum atomic E-state index is 0.378. The number of fused-ring (bicyclic) bond motifs is 1. The van der Waals surface area contributed by atoms with Crippen LogP contribution in [0.4, 0.5) is 5.69 Å². The quantitative estimate of drug-likeness (QED) is 0.916. The van der Waals surface area contributed by atoms with Gasteiger partial charge in [0, 0.05) is 37.2 Å². The van der Waals surface area contributed by atoms with E-state index in [9.17, 15) is 0 Å². The molecule has 0 saturated heterocycles. The Morgan fingerprint density at radius 3 is 3.00 bits per heavy atom. The van der Waals surface area contributed by atoms with Gasteiger partial charge in [0.15, 0.2) is 0 Å². The van der Waals surface area contributed by atoms with Crippen molar-refractivity contribution in [3.8, 4) is 0 Å². The van der Waals surface area contributed by atoms with Gasteiger partial charge in [-0.1, -0.05) is 25.1 Å². The standard InChI is InChI=1S/C17H24N4/c1-3-8-18-14(2)15-6-4-5-7-16(15)21-12-11-20-10-9-19-17(20)13-21/h4-7,9-10,14,18H,3,8,11-13H2,1-2H3. The molecule has 0 aliphatic carbocycles. The number of rotatable bonds is 5. The predicted molar refractivity (Wildman–Crippen MR) is 86.4 cm³/mol. The molecule has 3 rings (SSSR count). The van der Waals surface area contributed by atoms with Gasteiger partial charge in [0.05, 0.1) is 6.54 Å². The topological polar surface area (TPSA) is 33.1 Å². The van der Waals surface area contributed by atoms with Gasteiger partial charge in [-0.05, 0) is 31.5 Å². The minimum absolute atomic E-state index is 0.378. The molecule has 21 heavy (non-hydrogen) atoms. The molecule has 0 saturated carbocycles. The van der Waals surface area contributed by atoms with Crippen molar-refractivity contribution in [2.24, 2.45) is 0 Å². The highest BCUT2D eigenvalue weighted by atomic mass is 15.2. The zero-order valence-corrected chi connectivity index (χ0v) is 12.9. The van der Waals surface area contributed by atoms with E-state index in [4.69, 9.17) is 0 Å². The lowest BCUT2D eigenvalue weighted by Crippen LogP contribution is -2.35. The number of hydrogen-bond acceptors (Lipinski definition) is 3.